The Bertz CT molecular complexity index is 1060. The Balaban J connectivity index is 1.91. The maximum Gasteiger partial charge on any atom is 0.280 e. The molecule has 0 radical (unpaired) electrons. The van der Waals surface area contributed by atoms with Crippen LogP contribution in [-0.4, -0.2) is 30.5 Å². The van der Waals surface area contributed by atoms with Gasteiger partial charge in [0, 0.05) is 24.4 Å². The van der Waals surface area contributed by atoms with Crippen LogP contribution in [0.5, 0.6) is 0 Å². The lowest BCUT2D eigenvalue weighted by atomic mass is 10.1. The van der Waals surface area contributed by atoms with E-state index < -0.39 is 30.0 Å². The van der Waals surface area contributed by atoms with Crippen LogP contribution in [0.2, 0.25) is 0 Å². The van der Waals surface area contributed by atoms with Crippen molar-refractivity contribution in [3.8, 4) is 0 Å². The highest BCUT2D eigenvalue weighted by atomic mass is 19.3. The van der Waals surface area contributed by atoms with E-state index in [1.54, 1.807) is 24.9 Å². The van der Waals surface area contributed by atoms with E-state index >= 15 is 0 Å². The number of pyridine rings is 1. The number of amides is 1. The van der Waals surface area contributed by atoms with Crippen molar-refractivity contribution in [1.82, 2.24) is 29.9 Å². The highest BCUT2D eigenvalue weighted by molar-refractivity contribution is 5.85. The van der Waals surface area contributed by atoms with Crippen LogP contribution in [0.3, 0.4) is 0 Å². The van der Waals surface area contributed by atoms with E-state index in [1.807, 2.05) is 6.92 Å². The summed E-state index contributed by atoms with van der Waals surface area (Å²) in [6.45, 7) is 4.70. The molecule has 11 heteroatoms. The molecule has 0 aliphatic carbocycles. The maximum atomic E-state index is 13.4. The largest absolute Gasteiger partial charge is 0.348 e. The molecule has 0 bridgehead atoms. The van der Waals surface area contributed by atoms with Gasteiger partial charge in [-0.05, 0) is 26.8 Å². The molecule has 0 spiro atoms. The Morgan fingerprint density at radius 2 is 1.79 bits per heavy atom. The summed E-state index contributed by atoms with van der Waals surface area (Å²) in [6, 6.07) is 0.324. The molecule has 0 saturated heterocycles. The second-order valence-electron chi connectivity index (χ2n) is 6.81. The van der Waals surface area contributed by atoms with Crippen molar-refractivity contribution in [2.45, 2.75) is 46.2 Å². The van der Waals surface area contributed by atoms with Crippen molar-refractivity contribution >= 4 is 16.9 Å². The van der Waals surface area contributed by atoms with E-state index in [0.717, 1.165) is 15.9 Å². The van der Waals surface area contributed by atoms with Crippen LogP contribution in [-0.2, 0) is 18.4 Å². The van der Waals surface area contributed by atoms with E-state index in [-0.39, 0.29) is 29.3 Å². The fourth-order valence-electron chi connectivity index (χ4n) is 3.35. The summed E-state index contributed by atoms with van der Waals surface area (Å²) in [5, 5.41) is 11.0. The zero-order valence-electron chi connectivity index (χ0n) is 16.3. The number of nitrogens with zero attached hydrogens (tertiary/aromatic N) is 5. The van der Waals surface area contributed by atoms with Gasteiger partial charge in [0.1, 0.15) is 12.2 Å². The molecule has 7 nitrogen and oxygen atoms in total. The first-order valence-corrected chi connectivity index (χ1v) is 8.82. The van der Waals surface area contributed by atoms with Crippen LogP contribution in [0.4, 0.5) is 17.6 Å². The average molecular weight is 412 g/mol. The normalized spacial score (nSPS) is 12.9. The molecule has 3 heterocycles. The van der Waals surface area contributed by atoms with Crippen LogP contribution >= 0.6 is 0 Å². The van der Waals surface area contributed by atoms with Crippen molar-refractivity contribution in [2.24, 2.45) is 7.05 Å². The second-order valence-corrected chi connectivity index (χ2v) is 6.81. The van der Waals surface area contributed by atoms with Crippen LogP contribution < -0.4 is 5.32 Å². The summed E-state index contributed by atoms with van der Waals surface area (Å²) < 4.78 is 55.7. The Labute approximate surface area is 163 Å². The minimum atomic E-state index is -3.03. The molecule has 0 aromatic carbocycles. The zero-order valence-corrected chi connectivity index (χ0v) is 16.3. The van der Waals surface area contributed by atoms with Gasteiger partial charge in [0.05, 0.1) is 22.8 Å². The van der Waals surface area contributed by atoms with Crippen LogP contribution in [0.1, 0.15) is 54.0 Å². The third-order valence-corrected chi connectivity index (χ3v) is 4.58. The number of halogens is 4. The van der Waals surface area contributed by atoms with Crippen molar-refractivity contribution in [3.05, 3.63) is 40.5 Å². The molecule has 1 N–H and O–H groups in total. The molecule has 1 unspecified atom stereocenters. The van der Waals surface area contributed by atoms with Gasteiger partial charge in [-0.25, -0.2) is 27.2 Å². The molecule has 3 rings (SSSR count). The molecule has 0 saturated carbocycles. The third kappa shape index (κ3) is 4.08. The Morgan fingerprint density at radius 1 is 1.10 bits per heavy atom. The van der Waals surface area contributed by atoms with Crippen LogP contribution in [0.25, 0.3) is 11.0 Å². The monoisotopic (exact) mass is 412 g/mol. The highest BCUT2D eigenvalue weighted by Gasteiger charge is 2.24. The summed E-state index contributed by atoms with van der Waals surface area (Å²) in [7, 11) is 1.76. The van der Waals surface area contributed by atoms with Crippen LogP contribution in [0.15, 0.2) is 12.3 Å². The fraction of sp³-hybridized carbons (Fsp3) is 0.444. The number of rotatable bonds is 6. The molecule has 156 valence electrons. The van der Waals surface area contributed by atoms with Gasteiger partial charge in [-0.15, -0.1) is 0 Å². The van der Waals surface area contributed by atoms with Crippen LogP contribution in [0, 0.1) is 13.8 Å². The van der Waals surface area contributed by atoms with Gasteiger partial charge in [-0.1, -0.05) is 0 Å². The minimum Gasteiger partial charge on any atom is -0.348 e. The molecule has 1 amide bonds. The molecular weight excluding hydrogens is 392 g/mol. The Kier molecular flexibility index (Phi) is 5.58. The molecule has 0 aliphatic rings. The standard InChI is InChI=1S/C18H20F4N6O/c1-8(12-6-27(4)25-9(12)2)23-14(29)7-28-18-15(10(3)26-28)11(16(19)20)5-13(24-18)17(21)22/h5-6,8,16-17H,7H2,1-4H3,(H,23,29). The molecule has 0 aliphatic heterocycles. The van der Waals surface area contributed by atoms with Gasteiger partial charge in [0.15, 0.2) is 5.65 Å². The first-order chi connectivity index (χ1) is 13.6. The Hall–Kier alpha value is -2.98. The van der Waals surface area contributed by atoms with E-state index in [2.05, 4.69) is 20.5 Å². The first-order valence-electron chi connectivity index (χ1n) is 8.82. The second kappa shape index (κ2) is 7.80. The molecule has 29 heavy (non-hydrogen) atoms. The number of hydrogen-bond donors (Lipinski definition) is 1. The van der Waals surface area contributed by atoms with E-state index in [1.165, 1.54) is 6.92 Å². The predicted octanol–water partition coefficient (Wildman–Crippen LogP) is 3.53. The lowest BCUT2D eigenvalue weighted by Crippen LogP contribution is -2.30. The fourth-order valence-corrected chi connectivity index (χ4v) is 3.35. The van der Waals surface area contributed by atoms with Crippen molar-refractivity contribution in [2.75, 3.05) is 0 Å². The van der Waals surface area contributed by atoms with Gasteiger partial charge in [-0.2, -0.15) is 10.2 Å². The Morgan fingerprint density at radius 3 is 2.34 bits per heavy atom. The lowest BCUT2D eigenvalue weighted by Gasteiger charge is -2.13. The lowest BCUT2D eigenvalue weighted by molar-refractivity contribution is -0.122. The zero-order chi connectivity index (χ0) is 21.5. The maximum absolute atomic E-state index is 13.4. The van der Waals surface area contributed by atoms with Gasteiger partial charge < -0.3 is 5.32 Å². The third-order valence-electron chi connectivity index (χ3n) is 4.58. The predicted molar refractivity (Wildman–Crippen MR) is 96.7 cm³/mol. The average Bonchev–Trinajstić information content (AvgIpc) is 3.12. The van der Waals surface area contributed by atoms with Gasteiger partial charge in [0.2, 0.25) is 5.91 Å². The quantitative estimate of drug-likeness (QED) is 0.629. The summed E-state index contributed by atoms with van der Waals surface area (Å²) in [4.78, 5) is 16.3. The van der Waals surface area contributed by atoms with E-state index in [0.29, 0.717) is 6.07 Å². The number of fused-ring (bicyclic) bond motifs is 1. The number of aryl methyl sites for hydroxylation is 3. The topological polar surface area (TPSA) is 77.6 Å². The number of aromatic nitrogens is 5. The van der Waals surface area contributed by atoms with E-state index in [4.69, 9.17) is 0 Å². The van der Waals surface area contributed by atoms with E-state index in [9.17, 15) is 22.4 Å². The number of carbonyl (C=O) groups is 1. The van der Waals surface area contributed by atoms with Gasteiger partial charge in [-0.3, -0.25) is 9.48 Å². The first kappa shape index (κ1) is 20.7. The smallest absolute Gasteiger partial charge is 0.280 e. The van der Waals surface area contributed by atoms with Crippen molar-refractivity contribution in [1.29, 1.82) is 0 Å². The van der Waals surface area contributed by atoms with Crippen molar-refractivity contribution < 1.29 is 22.4 Å². The van der Waals surface area contributed by atoms with Gasteiger partial charge in [0.25, 0.3) is 12.9 Å². The summed E-state index contributed by atoms with van der Waals surface area (Å²) in [5.41, 5.74) is 0.233. The summed E-state index contributed by atoms with van der Waals surface area (Å²) in [6.07, 6.45) is -4.22. The number of hydrogen-bond acceptors (Lipinski definition) is 4. The SMILES string of the molecule is Cc1nn(C)cc1C(C)NC(=O)Cn1nc(C)c2c(C(F)F)cc(C(F)F)nc21. The van der Waals surface area contributed by atoms with Crippen molar-refractivity contribution in [3.63, 3.8) is 0 Å². The molecule has 3 aromatic heterocycles. The molecule has 3 aromatic rings. The number of alkyl halides is 4. The summed E-state index contributed by atoms with van der Waals surface area (Å²) >= 11 is 0. The molecule has 0 fully saturated rings. The minimum absolute atomic E-state index is 0.0200. The summed E-state index contributed by atoms with van der Waals surface area (Å²) in [5.74, 6) is -0.465. The highest BCUT2D eigenvalue weighted by Crippen LogP contribution is 2.32. The number of carbonyl (C=O) groups excluding carboxylic acids is 1. The number of nitrogens with one attached hydrogen (secondary N) is 1. The van der Waals surface area contributed by atoms with Gasteiger partial charge >= 0.3 is 0 Å². The molecule has 1 atom stereocenters. The molecular formula is C18H20F4N6O.